The lowest BCUT2D eigenvalue weighted by Crippen LogP contribution is -2.43. The van der Waals surface area contributed by atoms with Gasteiger partial charge >= 0.3 is 12.2 Å². The zero-order valence-corrected chi connectivity index (χ0v) is 26.4. The van der Waals surface area contributed by atoms with Gasteiger partial charge in [0.25, 0.3) is 0 Å². The van der Waals surface area contributed by atoms with Crippen molar-refractivity contribution in [3.8, 4) is 23.0 Å². The summed E-state index contributed by atoms with van der Waals surface area (Å²) in [7, 11) is 0. The van der Waals surface area contributed by atoms with Crippen LogP contribution >= 0.6 is 11.3 Å². The van der Waals surface area contributed by atoms with Gasteiger partial charge < -0.3 is 20.1 Å². The second-order valence-corrected chi connectivity index (χ2v) is 13.5. The van der Waals surface area contributed by atoms with E-state index < -0.39 is 63.7 Å². The van der Waals surface area contributed by atoms with Crippen LogP contribution in [0.25, 0.3) is 32.2 Å². The van der Waals surface area contributed by atoms with Crippen LogP contribution in [0.2, 0.25) is 0 Å². The van der Waals surface area contributed by atoms with Gasteiger partial charge in [0.15, 0.2) is 10.9 Å². The molecule has 0 bridgehead atoms. The molecule has 9 nitrogen and oxygen atoms in total. The van der Waals surface area contributed by atoms with Gasteiger partial charge in [-0.3, -0.25) is 9.69 Å². The van der Waals surface area contributed by atoms with Crippen LogP contribution in [0.3, 0.4) is 0 Å². The number of rotatable bonds is 7. The van der Waals surface area contributed by atoms with Gasteiger partial charge in [-0.05, 0) is 50.6 Å². The minimum Gasteiger partial charge on any atom is -0.471 e. The molecule has 4 aromatic rings. The van der Waals surface area contributed by atoms with E-state index in [-0.39, 0.29) is 64.8 Å². The molecule has 0 unspecified atom stereocenters. The molecule has 0 aliphatic carbocycles. The lowest BCUT2D eigenvalue weighted by atomic mass is 9.95. The van der Waals surface area contributed by atoms with Gasteiger partial charge in [0.1, 0.15) is 30.2 Å². The van der Waals surface area contributed by atoms with Crippen LogP contribution in [-0.4, -0.2) is 80.8 Å². The first-order chi connectivity index (χ1) is 22.8. The Hall–Kier alpha value is -4.18. The van der Waals surface area contributed by atoms with E-state index >= 15 is 4.39 Å². The van der Waals surface area contributed by atoms with Crippen molar-refractivity contribution >= 4 is 43.5 Å². The van der Waals surface area contributed by atoms with Crippen LogP contribution < -0.4 is 15.2 Å². The third-order valence-corrected chi connectivity index (χ3v) is 10.5. The van der Waals surface area contributed by atoms with Crippen molar-refractivity contribution < 1.29 is 40.6 Å². The van der Waals surface area contributed by atoms with Crippen molar-refractivity contribution in [2.75, 3.05) is 32.0 Å². The van der Waals surface area contributed by atoms with Gasteiger partial charge in [-0.15, -0.1) is 0 Å². The Kier molecular flexibility index (Phi) is 7.93. The Labute approximate surface area is 274 Å². The smallest absolute Gasteiger partial charge is 0.417 e. The Morgan fingerprint density at radius 1 is 1.21 bits per heavy atom. The predicted molar refractivity (Wildman–Crippen MR) is 166 cm³/mol. The number of fused-ring (bicyclic) bond motifs is 3. The maximum absolute atomic E-state index is 16.8. The van der Waals surface area contributed by atoms with E-state index in [0.717, 1.165) is 36.0 Å². The Morgan fingerprint density at radius 2 is 2.00 bits per heavy atom. The lowest BCUT2D eigenvalue weighted by Gasteiger charge is -2.31. The molecule has 0 saturated carbocycles. The minimum atomic E-state index is -5.09. The highest BCUT2D eigenvalue weighted by Crippen LogP contribution is 2.46. The molecular formula is C32H30F6N6O3S. The van der Waals surface area contributed by atoms with Crippen LogP contribution in [0.4, 0.5) is 31.5 Å². The first-order valence-corrected chi connectivity index (χ1v) is 16.2. The summed E-state index contributed by atoms with van der Waals surface area (Å²) in [6, 6.07) is 1.72. The number of nitrogen functional groups attached to an aromatic ring is 1. The van der Waals surface area contributed by atoms with E-state index in [1.165, 1.54) is 4.90 Å². The zero-order valence-electron chi connectivity index (χ0n) is 25.6. The van der Waals surface area contributed by atoms with Crippen LogP contribution in [-0.2, 0) is 11.0 Å². The number of carbonyl (C=O) groups excluding carboxylic acids is 1. The molecule has 3 aliphatic heterocycles. The number of hydrogen-bond acceptors (Lipinski definition) is 9. The summed E-state index contributed by atoms with van der Waals surface area (Å²) in [4.78, 5) is 28.4. The summed E-state index contributed by atoms with van der Waals surface area (Å²) < 4.78 is 102. The molecule has 254 valence electrons. The largest absolute Gasteiger partial charge is 0.471 e. The number of carbonyl (C=O) groups is 1. The second kappa shape index (κ2) is 11.8. The highest BCUT2D eigenvalue weighted by molar-refractivity contribution is 7.22. The van der Waals surface area contributed by atoms with E-state index in [1.54, 1.807) is 6.92 Å². The van der Waals surface area contributed by atoms with Crippen molar-refractivity contribution in [1.29, 1.82) is 0 Å². The van der Waals surface area contributed by atoms with E-state index in [2.05, 4.69) is 21.5 Å². The van der Waals surface area contributed by atoms with Crippen LogP contribution in [0.1, 0.15) is 38.2 Å². The molecule has 3 aliphatic rings. The van der Waals surface area contributed by atoms with Gasteiger partial charge in [0.2, 0.25) is 11.8 Å². The number of amides is 1. The quantitative estimate of drug-likeness (QED) is 0.178. The number of anilines is 1. The fourth-order valence-electron chi connectivity index (χ4n) is 7.30. The molecule has 1 amide bonds. The minimum absolute atomic E-state index is 0.0361. The average Bonchev–Trinajstić information content (AvgIpc) is 3.78. The van der Waals surface area contributed by atoms with Gasteiger partial charge in [-0.25, -0.2) is 18.2 Å². The third-order valence-electron chi connectivity index (χ3n) is 9.60. The summed E-state index contributed by atoms with van der Waals surface area (Å²) in [5.41, 5.74) is 1.73. The Morgan fingerprint density at radius 3 is 2.75 bits per heavy atom. The van der Waals surface area contributed by atoms with E-state index in [1.807, 2.05) is 4.90 Å². The number of benzene rings is 2. The van der Waals surface area contributed by atoms with Crippen molar-refractivity contribution in [1.82, 2.24) is 24.8 Å². The molecule has 4 atom stereocenters. The van der Waals surface area contributed by atoms with Crippen molar-refractivity contribution in [2.24, 2.45) is 0 Å². The fraction of sp³-hybridized carbons (Fsp3) is 0.438. The van der Waals surface area contributed by atoms with Crippen molar-refractivity contribution in [2.45, 2.75) is 62.6 Å². The van der Waals surface area contributed by atoms with Crippen LogP contribution in [0.5, 0.6) is 11.9 Å². The number of nitrogens with zero attached hydrogens (tertiary/aromatic N) is 5. The molecule has 3 fully saturated rings. The Bertz CT molecular complexity index is 1960. The molecule has 2 aromatic heterocycles. The number of likely N-dealkylation sites (tertiary alicyclic amines) is 1. The summed E-state index contributed by atoms with van der Waals surface area (Å²) in [5.74, 6) is -2.89. The molecule has 5 heterocycles. The molecule has 2 aromatic carbocycles. The Balaban J connectivity index is 1.39. The highest BCUT2D eigenvalue weighted by Gasteiger charge is 2.49. The van der Waals surface area contributed by atoms with Gasteiger partial charge in [-0.1, -0.05) is 17.9 Å². The number of alkyl halides is 4. The third kappa shape index (κ3) is 5.38. The van der Waals surface area contributed by atoms with E-state index in [0.29, 0.717) is 25.5 Å². The number of ether oxygens (including phenoxy) is 2. The van der Waals surface area contributed by atoms with Crippen LogP contribution in [0, 0.1) is 11.6 Å². The fourth-order valence-corrected chi connectivity index (χ4v) is 8.07. The molecule has 7 rings (SSSR count). The standard InChI is InChI=1S/C32H30F6N6O3S/c1-3-22(45)44-10-7-21(15(44)2)47-28-18-11-19(32(36,37)38)23(17-5-6-20(34)27-26(17)40-29(39)48-27)24(35)25(18)41-30(42-28)46-14-31-8-4-9-43(31)13-16(33)12-31/h3,5-6,11,15-16,21H,1,4,7-10,12-14H2,2H3,(H2,39,40)/t15-,16+,21-,31-/m0/s1. The SMILES string of the molecule is C=CC(=O)N1CC[C@H](Oc2nc(OC[C@@]34CCCN3C[C@H](F)C4)nc3c(F)c(-c4ccc(F)c5sc(N)nc45)c(C(F)(F)F)cc23)[C@@H]1C. The summed E-state index contributed by atoms with van der Waals surface area (Å²) in [6.07, 6.45) is -3.71. The maximum Gasteiger partial charge on any atom is 0.417 e. The molecule has 0 spiro atoms. The normalized spacial score (nSPS) is 24.5. The van der Waals surface area contributed by atoms with Crippen molar-refractivity contribution in [3.63, 3.8) is 0 Å². The van der Waals surface area contributed by atoms with E-state index in [9.17, 15) is 26.7 Å². The van der Waals surface area contributed by atoms with Gasteiger partial charge in [0, 0.05) is 37.1 Å². The molecular weight excluding hydrogens is 662 g/mol. The topological polar surface area (TPSA) is 107 Å². The second-order valence-electron chi connectivity index (χ2n) is 12.4. The first kappa shape index (κ1) is 32.4. The van der Waals surface area contributed by atoms with Crippen LogP contribution in [0.15, 0.2) is 30.9 Å². The molecule has 3 saturated heterocycles. The van der Waals surface area contributed by atoms with E-state index in [4.69, 9.17) is 15.2 Å². The average molecular weight is 693 g/mol. The summed E-state index contributed by atoms with van der Waals surface area (Å²) in [5, 5.41) is -0.504. The number of halogens is 6. The monoisotopic (exact) mass is 692 g/mol. The molecule has 16 heteroatoms. The maximum atomic E-state index is 16.8. The van der Waals surface area contributed by atoms with Gasteiger partial charge in [-0.2, -0.15) is 23.1 Å². The summed E-state index contributed by atoms with van der Waals surface area (Å²) in [6.45, 7) is 6.40. The number of nitrogens with two attached hydrogens (primary N) is 1. The number of hydrogen-bond donors (Lipinski definition) is 1. The zero-order chi connectivity index (χ0) is 34.1. The molecule has 48 heavy (non-hydrogen) atoms. The number of aromatic nitrogens is 3. The first-order valence-electron chi connectivity index (χ1n) is 15.4. The highest BCUT2D eigenvalue weighted by atomic mass is 32.1. The van der Waals surface area contributed by atoms with Crippen molar-refractivity contribution in [3.05, 3.63) is 48.1 Å². The molecule has 2 N–H and O–H groups in total. The predicted octanol–water partition coefficient (Wildman–Crippen LogP) is 6.30. The van der Waals surface area contributed by atoms with Gasteiger partial charge in [0.05, 0.1) is 32.7 Å². The lowest BCUT2D eigenvalue weighted by molar-refractivity contribution is -0.137. The summed E-state index contributed by atoms with van der Waals surface area (Å²) >= 11 is 0.720. The number of thiazole rings is 1. The molecule has 0 radical (unpaired) electrons.